The number of carboxylic acids is 1. The van der Waals surface area contributed by atoms with Crippen LogP contribution in [0.4, 0.5) is 0 Å². The fourth-order valence-electron chi connectivity index (χ4n) is 2.48. The van der Waals surface area contributed by atoms with E-state index in [1.54, 1.807) is 6.20 Å². The summed E-state index contributed by atoms with van der Waals surface area (Å²) in [6.45, 7) is 0.844. The SMILES string of the molecule is C[C@H](NC(=O)CNC(=O)[C@H](Cc1cnc[nH]1)NC(=O)[C@@H](N)Cc1cnc[nH]1)C(=O)O. The molecule has 2 heterocycles. The number of imidazole rings is 2. The Bertz CT molecular complexity index is 852. The number of nitrogens with zero attached hydrogens (tertiary/aromatic N) is 2. The number of carbonyl (C=O) groups excluding carboxylic acids is 3. The molecule has 13 nitrogen and oxygen atoms in total. The van der Waals surface area contributed by atoms with Crippen LogP contribution in [-0.2, 0) is 32.0 Å². The van der Waals surface area contributed by atoms with Crippen molar-refractivity contribution in [1.82, 2.24) is 35.9 Å². The van der Waals surface area contributed by atoms with Gasteiger partial charge in [-0.05, 0) is 6.92 Å². The first kappa shape index (κ1) is 22.5. The first-order chi connectivity index (χ1) is 14.3. The Hall–Kier alpha value is -3.74. The summed E-state index contributed by atoms with van der Waals surface area (Å²) >= 11 is 0. The van der Waals surface area contributed by atoms with Crippen LogP contribution in [0.15, 0.2) is 25.0 Å². The number of carboxylic acid groups (broad SMARTS) is 1. The number of carbonyl (C=O) groups is 4. The van der Waals surface area contributed by atoms with Gasteiger partial charge in [0.15, 0.2) is 0 Å². The molecule has 0 unspecified atom stereocenters. The van der Waals surface area contributed by atoms with Crippen LogP contribution in [0, 0.1) is 0 Å². The highest BCUT2D eigenvalue weighted by molar-refractivity contribution is 5.92. The van der Waals surface area contributed by atoms with E-state index in [4.69, 9.17) is 10.8 Å². The topological polar surface area (TPSA) is 208 Å². The minimum Gasteiger partial charge on any atom is -0.480 e. The van der Waals surface area contributed by atoms with E-state index in [1.807, 2.05) is 0 Å². The number of hydrogen-bond donors (Lipinski definition) is 7. The van der Waals surface area contributed by atoms with Gasteiger partial charge in [0.05, 0.1) is 25.2 Å². The lowest BCUT2D eigenvalue weighted by atomic mass is 10.1. The quantitative estimate of drug-likeness (QED) is 0.205. The molecule has 13 heteroatoms. The molecule has 0 aliphatic heterocycles. The molecule has 2 aromatic rings. The zero-order valence-corrected chi connectivity index (χ0v) is 16.2. The average molecular weight is 420 g/mol. The highest BCUT2D eigenvalue weighted by Gasteiger charge is 2.25. The summed E-state index contributed by atoms with van der Waals surface area (Å²) in [4.78, 5) is 61.0. The van der Waals surface area contributed by atoms with Crippen molar-refractivity contribution in [2.45, 2.75) is 37.9 Å². The lowest BCUT2D eigenvalue weighted by Gasteiger charge is -2.20. The Morgan fingerprint density at radius 2 is 1.63 bits per heavy atom. The van der Waals surface area contributed by atoms with Crippen LogP contribution in [0.2, 0.25) is 0 Å². The average Bonchev–Trinajstić information content (AvgIpc) is 3.39. The number of H-pyrrole nitrogens is 2. The number of rotatable bonds is 11. The van der Waals surface area contributed by atoms with Crippen LogP contribution in [0.1, 0.15) is 18.3 Å². The van der Waals surface area contributed by atoms with E-state index in [1.165, 1.54) is 25.8 Å². The van der Waals surface area contributed by atoms with E-state index in [-0.39, 0.29) is 12.8 Å². The number of aliphatic carboxylic acids is 1. The van der Waals surface area contributed by atoms with E-state index < -0.39 is 48.4 Å². The van der Waals surface area contributed by atoms with Crippen LogP contribution in [-0.4, -0.2) is 73.4 Å². The van der Waals surface area contributed by atoms with Crippen molar-refractivity contribution in [2.24, 2.45) is 5.73 Å². The molecule has 2 aromatic heterocycles. The number of aromatic nitrogens is 4. The van der Waals surface area contributed by atoms with Gasteiger partial charge in [0.2, 0.25) is 17.7 Å². The second-order valence-electron chi connectivity index (χ2n) is 6.57. The van der Waals surface area contributed by atoms with Crippen LogP contribution in [0.3, 0.4) is 0 Å². The summed E-state index contributed by atoms with van der Waals surface area (Å²) in [6, 6.07) is -3.06. The molecule has 162 valence electrons. The van der Waals surface area contributed by atoms with Crippen LogP contribution < -0.4 is 21.7 Å². The zero-order valence-electron chi connectivity index (χ0n) is 16.2. The third kappa shape index (κ3) is 7.01. The molecule has 0 aromatic carbocycles. The first-order valence-corrected chi connectivity index (χ1v) is 9.06. The van der Waals surface area contributed by atoms with Crippen LogP contribution in [0.25, 0.3) is 0 Å². The van der Waals surface area contributed by atoms with E-state index in [2.05, 4.69) is 35.9 Å². The van der Waals surface area contributed by atoms with Gasteiger partial charge in [-0.1, -0.05) is 0 Å². The maximum absolute atomic E-state index is 12.6. The Morgan fingerprint density at radius 3 is 2.17 bits per heavy atom. The van der Waals surface area contributed by atoms with Crippen molar-refractivity contribution in [3.63, 3.8) is 0 Å². The van der Waals surface area contributed by atoms with Crippen molar-refractivity contribution in [2.75, 3.05) is 6.54 Å². The van der Waals surface area contributed by atoms with Gasteiger partial charge in [0.1, 0.15) is 12.1 Å². The number of amides is 3. The normalized spacial score (nSPS) is 13.7. The Morgan fingerprint density at radius 1 is 1.03 bits per heavy atom. The smallest absolute Gasteiger partial charge is 0.325 e. The molecule has 0 saturated heterocycles. The molecule has 0 bridgehead atoms. The first-order valence-electron chi connectivity index (χ1n) is 9.06. The number of nitrogens with one attached hydrogen (secondary N) is 5. The summed E-state index contributed by atoms with van der Waals surface area (Å²) in [5.74, 6) is -3.08. The van der Waals surface area contributed by atoms with Gasteiger partial charge in [0, 0.05) is 36.6 Å². The van der Waals surface area contributed by atoms with E-state index in [9.17, 15) is 19.2 Å². The van der Waals surface area contributed by atoms with Crippen molar-refractivity contribution in [3.05, 3.63) is 36.4 Å². The standard InChI is InChI=1S/C17H24N8O5/c1-9(17(29)30)24-14(26)6-21-16(28)13(3-11-5-20-8-23-11)25-15(27)12(18)2-10-4-19-7-22-10/h4-5,7-9,12-13H,2-3,6,18H2,1H3,(H,19,22)(H,20,23)(H,21,28)(H,24,26)(H,25,27)(H,29,30)/t9-,12-,13-/m0/s1. The second-order valence-corrected chi connectivity index (χ2v) is 6.57. The molecule has 30 heavy (non-hydrogen) atoms. The van der Waals surface area contributed by atoms with Crippen LogP contribution in [0.5, 0.6) is 0 Å². The molecule has 0 aliphatic carbocycles. The maximum Gasteiger partial charge on any atom is 0.325 e. The highest BCUT2D eigenvalue weighted by atomic mass is 16.4. The predicted molar refractivity (Wildman–Crippen MR) is 103 cm³/mol. The Kier molecular flexibility index (Phi) is 8.05. The molecule has 2 rings (SSSR count). The molecule has 0 radical (unpaired) electrons. The molecular weight excluding hydrogens is 396 g/mol. The molecular formula is C17H24N8O5. The van der Waals surface area contributed by atoms with Crippen molar-refractivity contribution >= 4 is 23.7 Å². The largest absolute Gasteiger partial charge is 0.480 e. The zero-order chi connectivity index (χ0) is 22.1. The minimum absolute atomic E-state index is 0.0848. The maximum atomic E-state index is 12.6. The molecule has 3 atom stereocenters. The Labute approximate surface area is 171 Å². The summed E-state index contributed by atoms with van der Waals surface area (Å²) in [7, 11) is 0. The minimum atomic E-state index is -1.20. The van der Waals surface area contributed by atoms with Gasteiger partial charge in [-0.15, -0.1) is 0 Å². The predicted octanol–water partition coefficient (Wildman–Crippen LogP) is -2.56. The highest BCUT2D eigenvalue weighted by Crippen LogP contribution is 2.02. The summed E-state index contributed by atoms with van der Waals surface area (Å²) in [5.41, 5.74) is 7.15. The third-order valence-corrected chi connectivity index (χ3v) is 4.11. The fraction of sp³-hybridized carbons (Fsp3) is 0.412. The van der Waals surface area contributed by atoms with E-state index >= 15 is 0 Å². The van der Waals surface area contributed by atoms with Gasteiger partial charge < -0.3 is 36.8 Å². The monoisotopic (exact) mass is 420 g/mol. The Balaban J connectivity index is 1.96. The summed E-state index contributed by atoms with van der Waals surface area (Å²) < 4.78 is 0. The summed E-state index contributed by atoms with van der Waals surface area (Å²) in [6.07, 6.45) is 6.21. The number of aromatic amines is 2. The van der Waals surface area contributed by atoms with Gasteiger partial charge >= 0.3 is 5.97 Å². The van der Waals surface area contributed by atoms with Crippen molar-refractivity contribution < 1.29 is 24.3 Å². The van der Waals surface area contributed by atoms with E-state index in [0.29, 0.717) is 11.4 Å². The third-order valence-electron chi connectivity index (χ3n) is 4.11. The van der Waals surface area contributed by atoms with Crippen molar-refractivity contribution in [3.8, 4) is 0 Å². The molecule has 0 spiro atoms. The molecule has 3 amide bonds. The van der Waals surface area contributed by atoms with Gasteiger partial charge in [0.25, 0.3) is 0 Å². The van der Waals surface area contributed by atoms with Crippen LogP contribution >= 0.6 is 0 Å². The lowest BCUT2D eigenvalue weighted by molar-refractivity contribution is -0.141. The molecule has 8 N–H and O–H groups in total. The van der Waals surface area contributed by atoms with Gasteiger partial charge in [-0.25, -0.2) is 9.97 Å². The van der Waals surface area contributed by atoms with Crippen molar-refractivity contribution in [1.29, 1.82) is 0 Å². The van der Waals surface area contributed by atoms with Gasteiger partial charge in [-0.2, -0.15) is 0 Å². The number of hydrogen-bond acceptors (Lipinski definition) is 7. The summed E-state index contributed by atoms with van der Waals surface area (Å²) in [5, 5.41) is 16.0. The molecule has 0 saturated carbocycles. The number of nitrogens with two attached hydrogens (primary N) is 1. The molecule has 0 aliphatic rings. The van der Waals surface area contributed by atoms with Gasteiger partial charge in [-0.3, -0.25) is 19.2 Å². The second kappa shape index (κ2) is 10.7. The lowest BCUT2D eigenvalue weighted by Crippen LogP contribution is -2.54. The molecule has 0 fully saturated rings. The fourth-order valence-corrected chi connectivity index (χ4v) is 2.48. The van der Waals surface area contributed by atoms with E-state index in [0.717, 1.165) is 0 Å².